The first-order valence-electron chi connectivity index (χ1n) is 5.93. The van der Waals surface area contributed by atoms with E-state index < -0.39 is 0 Å². The van der Waals surface area contributed by atoms with Crippen LogP contribution in [0.1, 0.15) is 36.9 Å². The highest BCUT2D eigenvalue weighted by Gasteiger charge is 2.22. The van der Waals surface area contributed by atoms with Crippen LogP contribution in [0.4, 0.5) is 4.79 Å². The van der Waals surface area contributed by atoms with Gasteiger partial charge < -0.3 is 10.6 Å². The number of fused-ring (bicyclic) bond motifs is 1. The lowest BCUT2D eigenvalue weighted by molar-refractivity contribution is 0.237. The van der Waals surface area contributed by atoms with E-state index in [4.69, 9.17) is 0 Å². The predicted molar refractivity (Wildman–Crippen MR) is 64.3 cm³/mol. The molecule has 0 heterocycles. The minimum atomic E-state index is -0.0523. The number of urea groups is 1. The molecule has 1 unspecified atom stereocenters. The van der Waals surface area contributed by atoms with E-state index in [0.717, 1.165) is 25.8 Å². The van der Waals surface area contributed by atoms with Gasteiger partial charge in [0.15, 0.2) is 0 Å². The zero-order chi connectivity index (χ0) is 11.4. The molecule has 0 bridgehead atoms. The van der Waals surface area contributed by atoms with Crippen molar-refractivity contribution in [3.8, 4) is 0 Å². The Hall–Kier alpha value is -1.51. The number of carbonyl (C=O) groups excluding carboxylic acids is 1. The van der Waals surface area contributed by atoms with Crippen molar-refractivity contribution in [3.63, 3.8) is 0 Å². The van der Waals surface area contributed by atoms with Gasteiger partial charge in [-0.1, -0.05) is 31.2 Å². The van der Waals surface area contributed by atoms with Crippen molar-refractivity contribution in [2.24, 2.45) is 0 Å². The summed E-state index contributed by atoms with van der Waals surface area (Å²) in [5.41, 5.74) is 2.64. The third-order valence-corrected chi connectivity index (χ3v) is 2.97. The van der Waals surface area contributed by atoms with E-state index in [1.807, 2.05) is 13.0 Å². The van der Waals surface area contributed by atoms with Gasteiger partial charge in [0.1, 0.15) is 0 Å². The maximum absolute atomic E-state index is 11.5. The van der Waals surface area contributed by atoms with Gasteiger partial charge in [0, 0.05) is 6.54 Å². The van der Waals surface area contributed by atoms with E-state index >= 15 is 0 Å². The Labute approximate surface area is 96.2 Å². The molecule has 0 saturated carbocycles. The summed E-state index contributed by atoms with van der Waals surface area (Å²) in [5, 5.41) is 5.86. The maximum Gasteiger partial charge on any atom is 0.315 e. The molecule has 0 spiro atoms. The molecule has 1 aromatic rings. The molecular weight excluding hydrogens is 200 g/mol. The van der Waals surface area contributed by atoms with Crippen molar-refractivity contribution in [2.45, 2.75) is 32.2 Å². The van der Waals surface area contributed by atoms with Crippen LogP contribution in [0.25, 0.3) is 0 Å². The first-order valence-corrected chi connectivity index (χ1v) is 5.93. The van der Waals surface area contributed by atoms with Crippen LogP contribution in [0.2, 0.25) is 0 Å². The zero-order valence-electron chi connectivity index (χ0n) is 9.62. The Morgan fingerprint density at radius 2 is 2.25 bits per heavy atom. The molecule has 1 aliphatic carbocycles. The molecule has 3 nitrogen and oxygen atoms in total. The van der Waals surface area contributed by atoms with E-state index in [0.29, 0.717) is 0 Å². The van der Waals surface area contributed by atoms with E-state index in [1.165, 1.54) is 11.1 Å². The van der Waals surface area contributed by atoms with Crippen LogP contribution in [-0.2, 0) is 6.42 Å². The number of carbonyl (C=O) groups is 1. The van der Waals surface area contributed by atoms with Gasteiger partial charge in [0.2, 0.25) is 0 Å². The second-order valence-corrected chi connectivity index (χ2v) is 4.19. The van der Waals surface area contributed by atoms with Gasteiger partial charge >= 0.3 is 6.03 Å². The quantitative estimate of drug-likeness (QED) is 0.803. The smallest absolute Gasteiger partial charge is 0.315 e. The Morgan fingerprint density at radius 1 is 1.44 bits per heavy atom. The van der Waals surface area contributed by atoms with Crippen LogP contribution in [0.5, 0.6) is 0 Å². The number of amides is 2. The van der Waals surface area contributed by atoms with Crippen molar-refractivity contribution in [2.75, 3.05) is 6.54 Å². The Balaban J connectivity index is 1.95. The summed E-state index contributed by atoms with van der Waals surface area (Å²) >= 11 is 0. The summed E-state index contributed by atoms with van der Waals surface area (Å²) in [7, 11) is 0. The average molecular weight is 218 g/mol. The van der Waals surface area contributed by atoms with E-state index in [-0.39, 0.29) is 12.1 Å². The lowest BCUT2D eigenvalue weighted by Crippen LogP contribution is -2.37. The third-order valence-electron chi connectivity index (χ3n) is 2.97. The van der Waals surface area contributed by atoms with Gasteiger partial charge in [-0.3, -0.25) is 0 Å². The van der Waals surface area contributed by atoms with Crippen LogP contribution < -0.4 is 10.6 Å². The molecule has 16 heavy (non-hydrogen) atoms. The molecule has 3 heteroatoms. The molecule has 0 saturated heterocycles. The molecule has 1 aromatic carbocycles. The molecule has 2 rings (SSSR count). The minimum absolute atomic E-state index is 0.0523. The topological polar surface area (TPSA) is 41.1 Å². The fourth-order valence-corrected chi connectivity index (χ4v) is 2.15. The number of hydrogen-bond acceptors (Lipinski definition) is 1. The molecule has 1 atom stereocenters. The van der Waals surface area contributed by atoms with E-state index in [2.05, 4.69) is 28.8 Å². The van der Waals surface area contributed by atoms with Crippen molar-refractivity contribution in [3.05, 3.63) is 35.4 Å². The normalized spacial score (nSPS) is 17.9. The summed E-state index contributed by atoms with van der Waals surface area (Å²) in [6.45, 7) is 2.78. The predicted octanol–water partition coefficient (Wildman–Crippen LogP) is 2.38. The van der Waals surface area contributed by atoms with Crippen molar-refractivity contribution in [1.82, 2.24) is 10.6 Å². The Kier molecular flexibility index (Phi) is 3.44. The standard InChI is InChI=1S/C13H18N2O/c1-2-9-14-13(16)15-12-8-7-10-5-3-4-6-11(10)12/h3-6,12H,2,7-9H2,1H3,(H2,14,15,16). The molecule has 86 valence electrons. The second kappa shape index (κ2) is 5.01. The highest BCUT2D eigenvalue weighted by Crippen LogP contribution is 2.30. The van der Waals surface area contributed by atoms with Crippen LogP contribution in [0, 0.1) is 0 Å². The second-order valence-electron chi connectivity index (χ2n) is 4.19. The lowest BCUT2D eigenvalue weighted by atomic mass is 10.1. The van der Waals surface area contributed by atoms with Crippen LogP contribution in [0.15, 0.2) is 24.3 Å². The third kappa shape index (κ3) is 2.35. The first kappa shape index (κ1) is 11.0. The largest absolute Gasteiger partial charge is 0.338 e. The number of aryl methyl sites for hydroxylation is 1. The summed E-state index contributed by atoms with van der Waals surface area (Å²) in [5.74, 6) is 0. The minimum Gasteiger partial charge on any atom is -0.338 e. The van der Waals surface area contributed by atoms with Crippen molar-refractivity contribution in [1.29, 1.82) is 0 Å². The Bertz CT molecular complexity index is 376. The molecule has 0 fully saturated rings. The maximum atomic E-state index is 11.5. The molecule has 1 aliphatic rings. The fourth-order valence-electron chi connectivity index (χ4n) is 2.15. The number of nitrogens with one attached hydrogen (secondary N) is 2. The summed E-state index contributed by atoms with van der Waals surface area (Å²) in [6, 6.07) is 8.46. The van der Waals surface area contributed by atoms with Crippen LogP contribution in [0.3, 0.4) is 0 Å². The molecule has 2 amide bonds. The van der Waals surface area contributed by atoms with Gasteiger partial charge in [-0.2, -0.15) is 0 Å². The summed E-state index contributed by atoms with van der Waals surface area (Å²) < 4.78 is 0. The van der Waals surface area contributed by atoms with Crippen molar-refractivity contribution >= 4 is 6.03 Å². The van der Waals surface area contributed by atoms with Crippen molar-refractivity contribution < 1.29 is 4.79 Å². The van der Waals surface area contributed by atoms with Gasteiger partial charge in [-0.25, -0.2) is 4.79 Å². The SMILES string of the molecule is CCCNC(=O)NC1CCc2ccccc21. The highest BCUT2D eigenvalue weighted by atomic mass is 16.2. The zero-order valence-corrected chi connectivity index (χ0v) is 9.62. The first-order chi connectivity index (χ1) is 7.81. The van der Waals surface area contributed by atoms with E-state index in [1.54, 1.807) is 0 Å². The van der Waals surface area contributed by atoms with Gasteiger partial charge in [-0.05, 0) is 30.4 Å². The van der Waals surface area contributed by atoms with Gasteiger partial charge in [0.05, 0.1) is 6.04 Å². The van der Waals surface area contributed by atoms with Gasteiger partial charge in [-0.15, -0.1) is 0 Å². The molecule has 0 aliphatic heterocycles. The van der Waals surface area contributed by atoms with Crippen LogP contribution in [-0.4, -0.2) is 12.6 Å². The number of benzene rings is 1. The molecule has 0 radical (unpaired) electrons. The lowest BCUT2D eigenvalue weighted by Gasteiger charge is -2.14. The monoisotopic (exact) mass is 218 g/mol. The summed E-state index contributed by atoms with van der Waals surface area (Å²) in [4.78, 5) is 11.5. The Morgan fingerprint density at radius 3 is 3.06 bits per heavy atom. The number of rotatable bonds is 3. The van der Waals surface area contributed by atoms with Crippen LogP contribution >= 0.6 is 0 Å². The molecule has 0 aromatic heterocycles. The molecule has 2 N–H and O–H groups in total. The fraction of sp³-hybridized carbons (Fsp3) is 0.462. The highest BCUT2D eigenvalue weighted by molar-refractivity contribution is 5.74. The van der Waals surface area contributed by atoms with Gasteiger partial charge in [0.25, 0.3) is 0 Å². The van der Waals surface area contributed by atoms with E-state index in [9.17, 15) is 4.79 Å². The molecular formula is C13H18N2O. The number of hydrogen-bond donors (Lipinski definition) is 2. The summed E-state index contributed by atoms with van der Waals surface area (Å²) in [6.07, 6.45) is 3.04. The average Bonchev–Trinajstić information content (AvgIpc) is 2.70.